The number of aromatic nitrogens is 4. The summed E-state index contributed by atoms with van der Waals surface area (Å²) in [5.74, 6) is 0.486. The molecule has 1 N–H and O–H groups in total. The number of carbonyl (C=O) groups excluding carboxylic acids is 1. The highest BCUT2D eigenvalue weighted by Gasteiger charge is 2.22. The van der Waals surface area contributed by atoms with Crippen molar-refractivity contribution in [3.8, 4) is 17.2 Å². The first-order valence-corrected chi connectivity index (χ1v) is 11.3. The Balaban J connectivity index is 1.50. The first-order valence-electron chi connectivity index (χ1n) is 11.3. The van der Waals surface area contributed by atoms with Crippen molar-refractivity contribution in [1.82, 2.24) is 25.5 Å². The van der Waals surface area contributed by atoms with Gasteiger partial charge in [0.1, 0.15) is 0 Å². The molecule has 170 valence electrons. The summed E-state index contributed by atoms with van der Waals surface area (Å²) in [6.45, 7) is 0.377. The van der Waals surface area contributed by atoms with Crippen molar-refractivity contribution in [2.75, 3.05) is 0 Å². The number of nitrogens with one attached hydrogen (secondary N) is 1. The fraction of sp³-hybridized carbons (Fsp3) is 0.222. The fourth-order valence-electron chi connectivity index (χ4n) is 3.85. The van der Waals surface area contributed by atoms with Crippen LogP contribution in [0.2, 0.25) is 0 Å². The van der Waals surface area contributed by atoms with Crippen LogP contribution < -0.4 is 5.32 Å². The van der Waals surface area contributed by atoms with E-state index < -0.39 is 6.04 Å². The van der Waals surface area contributed by atoms with E-state index in [1.165, 1.54) is 0 Å². The lowest BCUT2D eigenvalue weighted by Gasteiger charge is -2.18. The van der Waals surface area contributed by atoms with Crippen molar-refractivity contribution >= 4 is 5.91 Å². The number of tetrazole rings is 1. The van der Waals surface area contributed by atoms with Gasteiger partial charge < -0.3 is 5.32 Å². The molecular formula is C27H26N6O. The van der Waals surface area contributed by atoms with Gasteiger partial charge in [-0.15, -0.1) is 5.10 Å². The molecule has 1 heterocycles. The maximum Gasteiger partial charge on any atom is 0.220 e. The summed E-state index contributed by atoms with van der Waals surface area (Å²) < 4.78 is 1.60. The topological polar surface area (TPSA) is 96.5 Å². The number of aryl methyl sites for hydroxylation is 2. The van der Waals surface area contributed by atoms with Gasteiger partial charge in [-0.05, 0) is 39.1 Å². The van der Waals surface area contributed by atoms with Crippen LogP contribution in [-0.2, 0) is 24.2 Å². The number of hydrogen-bond donors (Lipinski definition) is 1. The molecule has 0 aliphatic rings. The molecule has 0 aliphatic heterocycles. The predicted molar refractivity (Wildman–Crippen MR) is 129 cm³/mol. The van der Waals surface area contributed by atoms with Crippen LogP contribution in [-0.4, -0.2) is 26.1 Å². The van der Waals surface area contributed by atoms with Crippen LogP contribution in [0.5, 0.6) is 0 Å². The molecule has 0 radical (unpaired) electrons. The van der Waals surface area contributed by atoms with Gasteiger partial charge in [0.15, 0.2) is 5.82 Å². The zero-order valence-corrected chi connectivity index (χ0v) is 18.8. The number of carbonyl (C=O) groups is 1. The number of rotatable bonds is 10. The van der Waals surface area contributed by atoms with Gasteiger partial charge in [-0.1, -0.05) is 84.9 Å². The molecular weight excluding hydrogens is 424 g/mol. The van der Waals surface area contributed by atoms with E-state index in [4.69, 9.17) is 5.26 Å². The predicted octanol–water partition coefficient (Wildman–Crippen LogP) is 4.29. The van der Waals surface area contributed by atoms with Crippen LogP contribution in [0.15, 0.2) is 84.9 Å². The Bertz CT molecular complexity index is 1230. The van der Waals surface area contributed by atoms with Gasteiger partial charge >= 0.3 is 0 Å². The summed E-state index contributed by atoms with van der Waals surface area (Å²) in [6, 6.07) is 30.1. The number of nitriles is 1. The van der Waals surface area contributed by atoms with Crippen molar-refractivity contribution in [2.45, 2.75) is 38.3 Å². The Labute approximate surface area is 199 Å². The average molecular weight is 451 g/mol. The highest BCUT2D eigenvalue weighted by atomic mass is 16.1. The van der Waals surface area contributed by atoms with E-state index in [-0.39, 0.29) is 5.91 Å². The molecule has 1 unspecified atom stereocenters. The SMILES string of the molecule is N#CCCn1nnnc1C(Cc1ccc(-c2ccccc2)cc1)NC(=O)CCc1ccccc1. The molecule has 3 aromatic carbocycles. The Kier molecular flexibility index (Phi) is 7.75. The molecule has 1 atom stereocenters. The van der Waals surface area contributed by atoms with E-state index in [1.54, 1.807) is 4.68 Å². The molecule has 0 saturated carbocycles. The number of benzene rings is 3. The second-order valence-electron chi connectivity index (χ2n) is 8.04. The zero-order valence-electron chi connectivity index (χ0n) is 18.8. The molecule has 1 aromatic heterocycles. The van der Waals surface area contributed by atoms with Gasteiger partial charge in [0, 0.05) is 12.8 Å². The van der Waals surface area contributed by atoms with E-state index in [0.717, 1.165) is 22.3 Å². The second kappa shape index (κ2) is 11.5. The lowest BCUT2D eigenvalue weighted by Crippen LogP contribution is -2.32. The maximum absolute atomic E-state index is 12.8. The van der Waals surface area contributed by atoms with E-state index in [9.17, 15) is 4.79 Å². The Morgan fingerprint density at radius 1 is 0.912 bits per heavy atom. The summed E-state index contributed by atoms with van der Waals surface area (Å²) in [7, 11) is 0. The van der Waals surface area contributed by atoms with Crippen molar-refractivity contribution in [2.24, 2.45) is 0 Å². The summed E-state index contributed by atoms with van der Waals surface area (Å²) in [4.78, 5) is 12.8. The second-order valence-corrected chi connectivity index (χ2v) is 8.04. The molecule has 0 saturated heterocycles. The molecule has 0 spiro atoms. The van der Waals surface area contributed by atoms with Gasteiger partial charge in [-0.3, -0.25) is 4.79 Å². The summed E-state index contributed by atoms with van der Waals surface area (Å²) in [5.41, 5.74) is 4.46. The Morgan fingerprint density at radius 3 is 2.29 bits per heavy atom. The third-order valence-corrected chi connectivity index (χ3v) is 5.63. The van der Waals surface area contributed by atoms with Gasteiger partial charge in [0.05, 0.1) is 25.1 Å². The third kappa shape index (κ3) is 6.14. The van der Waals surface area contributed by atoms with Crippen LogP contribution in [0.1, 0.15) is 35.8 Å². The largest absolute Gasteiger partial charge is 0.346 e. The van der Waals surface area contributed by atoms with Crippen molar-refractivity contribution in [3.05, 3.63) is 102 Å². The highest BCUT2D eigenvalue weighted by molar-refractivity contribution is 5.76. The summed E-state index contributed by atoms with van der Waals surface area (Å²) >= 11 is 0. The molecule has 1 amide bonds. The Morgan fingerprint density at radius 2 is 1.59 bits per heavy atom. The standard InChI is InChI=1S/C27H26N6O/c28-18-7-19-33-27(30-31-32-33)25(29-26(34)17-14-21-8-3-1-4-9-21)20-22-12-15-24(16-13-22)23-10-5-2-6-11-23/h1-6,8-13,15-16,25H,7,14,17,19-20H2,(H,29,34). The molecule has 0 fully saturated rings. The average Bonchev–Trinajstić information content (AvgIpc) is 3.36. The minimum Gasteiger partial charge on any atom is -0.346 e. The minimum absolute atomic E-state index is 0.0652. The fourth-order valence-corrected chi connectivity index (χ4v) is 3.85. The first-order chi connectivity index (χ1) is 16.7. The van der Waals surface area contributed by atoms with Gasteiger partial charge in [0.25, 0.3) is 0 Å². The van der Waals surface area contributed by atoms with Gasteiger partial charge in [0.2, 0.25) is 5.91 Å². The number of hydrogen-bond acceptors (Lipinski definition) is 5. The zero-order chi connectivity index (χ0) is 23.6. The molecule has 4 rings (SSSR count). The monoisotopic (exact) mass is 450 g/mol. The van der Waals surface area contributed by atoms with Crippen LogP contribution >= 0.6 is 0 Å². The van der Waals surface area contributed by atoms with E-state index in [0.29, 0.717) is 38.1 Å². The lowest BCUT2D eigenvalue weighted by atomic mass is 10.00. The maximum atomic E-state index is 12.8. The van der Waals surface area contributed by atoms with Gasteiger partial charge in [-0.2, -0.15) is 5.26 Å². The molecule has 34 heavy (non-hydrogen) atoms. The van der Waals surface area contributed by atoms with Crippen molar-refractivity contribution in [3.63, 3.8) is 0 Å². The van der Waals surface area contributed by atoms with E-state index in [1.807, 2.05) is 48.5 Å². The third-order valence-electron chi connectivity index (χ3n) is 5.63. The molecule has 4 aromatic rings. The quantitative estimate of drug-likeness (QED) is 0.389. The minimum atomic E-state index is -0.403. The smallest absolute Gasteiger partial charge is 0.220 e. The van der Waals surface area contributed by atoms with Crippen molar-refractivity contribution in [1.29, 1.82) is 5.26 Å². The summed E-state index contributed by atoms with van der Waals surface area (Å²) in [5, 5.41) is 24.1. The molecule has 7 nitrogen and oxygen atoms in total. The number of amides is 1. The van der Waals surface area contributed by atoms with Crippen LogP contribution in [0.3, 0.4) is 0 Å². The van der Waals surface area contributed by atoms with E-state index >= 15 is 0 Å². The highest BCUT2D eigenvalue weighted by Crippen LogP contribution is 2.22. The molecule has 0 aliphatic carbocycles. The molecule has 0 bridgehead atoms. The van der Waals surface area contributed by atoms with E-state index in [2.05, 4.69) is 63.3 Å². The first kappa shape index (κ1) is 22.9. The Hall–Kier alpha value is -4.31. The molecule has 7 heteroatoms. The van der Waals surface area contributed by atoms with Crippen LogP contribution in [0.4, 0.5) is 0 Å². The summed E-state index contributed by atoms with van der Waals surface area (Å²) in [6.07, 6.45) is 1.86. The lowest BCUT2D eigenvalue weighted by molar-refractivity contribution is -0.121. The van der Waals surface area contributed by atoms with Crippen LogP contribution in [0, 0.1) is 11.3 Å². The number of nitrogens with zero attached hydrogens (tertiary/aromatic N) is 5. The normalized spacial score (nSPS) is 11.5. The van der Waals surface area contributed by atoms with Gasteiger partial charge in [-0.25, -0.2) is 4.68 Å². The van der Waals surface area contributed by atoms with Crippen molar-refractivity contribution < 1.29 is 4.79 Å². The van der Waals surface area contributed by atoms with Crippen LogP contribution in [0.25, 0.3) is 11.1 Å².